The molecule has 7 nitrogen and oxygen atoms in total. The van der Waals surface area contributed by atoms with E-state index in [4.69, 9.17) is 4.98 Å². The number of nitriles is 1. The minimum Gasteiger partial charge on any atom is -0.298 e. The van der Waals surface area contributed by atoms with E-state index in [0.717, 1.165) is 42.9 Å². The van der Waals surface area contributed by atoms with Gasteiger partial charge in [0.2, 0.25) is 10.0 Å². The molecule has 3 aromatic rings. The molecule has 1 N–H and O–H groups in total. The molecule has 3 fully saturated rings. The van der Waals surface area contributed by atoms with Crippen molar-refractivity contribution in [1.29, 1.82) is 5.26 Å². The van der Waals surface area contributed by atoms with Gasteiger partial charge in [-0.25, -0.2) is 27.5 Å². The number of halogens is 1. The molecule has 0 radical (unpaired) electrons. The van der Waals surface area contributed by atoms with E-state index in [1.807, 2.05) is 19.1 Å². The van der Waals surface area contributed by atoms with E-state index >= 15 is 0 Å². The third-order valence-corrected chi connectivity index (χ3v) is 8.54. The largest absolute Gasteiger partial charge is 0.298 e. The molecule has 6 rings (SSSR count). The highest BCUT2D eigenvalue weighted by Crippen LogP contribution is 2.41. The number of benzene rings is 2. The number of fused-ring (bicyclic) bond motifs is 3. The highest BCUT2D eigenvalue weighted by atomic mass is 32.2. The molecule has 1 aromatic heterocycles. The lowest BCUT2D eigenvalue weighted by atomic mass is 9.74. The zero-order chi connectivity index (χ0) is 24.6. The van der Waals surface area contributed by atoms with E-state index in [1.54, 1.807) is 24.3 Å². The van der Waals surface area contributed by atoms with Gasteiger partial charge in [-0.15, -0.1) is 0 Å². The minimum absolute atomic E-state index is 0.0149. The van der Waals surface area contributed by atoms with Gasteiger partial charge in [0.25, 0.3) is 0 Å². The van der Waals surface area contributed by atoms with Crippen LogP contribution in [0.25, 0.3) is 11.3 Å². The standard InChI is InChI=1S/C26H26FN5O2S/c1-17-30-24(18-6-8-21(27)9-7-18)13-25(31-17)23-16-32-11-10-19(23)12-22(32)15-29-35(33,34)26-5-3-2-4-20(26)14-28/h2-9,13,19,22-23,29H,10-12,15-16H2,1H3. The predicted molar refractivity (Wildman–Crippen MR) is 129 cm³/mol. The Kier molecular flexibility index (Phi) is 6.36. The van der Waals surface area contributed by atoms with Crippen LogP contribution < -0.4 is 4.72 Å². The highest BCUT2D eigenvalue weighted by molar-refractivity contribution is 7.89. The Labute approximate surface area is 204 Å². The molecule has 2 bridgehead atoms. The second kappa shape index (κ2) is 9.46. The Hall–Kier alpha value is -3.19. The lowest BCUT2D eigenvalue weighted by Crippen LogP contribution is -2.56. The average molecular weight is 492 g/mol. The van der Waals surface area contributed by atoms with Crippen molar-refractivity contribution in [3.05, 3.63) is 77.5 Å². The van der Waals surface area contributed by atoms with Gasteiger partial charge >= 0.3 is 0 Å². The van der Waals surface area contributed by atoms with Crippen LogP contribution in [0.2, 0.25) is 0 Å². The van der Waals surface area contributed by atoms with E-state index in [-0.39, 0.29) is 28.2 Å². The molecule has 4 heterocycles. The fourth-order valence-electron chi connectivity index (χ4n) is 5.31. The van der Waals surface area contributed by atoms with E-state index in [0.29, 0.717) is 18.3 Å². The van der Waals surface area contributed by atoms with Crippen molar-refractivity contribution in [2.45, 2.75) is 36.6 Å². The fraction of sp³-hybridized carbons (Fsp3) is 0.346. The number of aryl methyl sites for hydroxylation is 1. The lowest BCUT2D eigenvalue weighted by Gasteiger charge is -2.49. The van der Waals surface area contributed by atoms with Gasteiger partial charge in [0.05, 0.1) is 16.2 Å². The quantitative estimate of drug-likeness (QED) is 0.566. The predicted octanol–water partition coefficient (Wildman–Crippen LogP) is 3.62. The van der Waals surface area contributed by atoms with Crippen molar-refractivity contribution in [2.24, 2.45) is 5.92 Å². The van der Waals surface area contributed by atoms with Gasteiger partial charge in [-0.2, -0.15) is 5.26 Å². The molecule has 0 spiro atoms. The summed E-state index contributed by atoms with van der Waals surface area (Å²) in [5.41, 5.74) is 2.75. The summed E-state index contributed by atoms with van der Waals surface area (Å²) in [5, 5.41) is 9.27. The van der Waals surface area contributed by atoms with E-state index in [1.165, 1.54) is 24.3 Å². The average Bonchev–Trinajstić information content (AvgIpc) is 2.88. The van der Waals surface area contributed by atoms with Gasteiger partial charge in [0, 0.05) is 36.3 Å². The van der Waals surface area contributed by atoms with Crippen molar-refractivity contribution in [3.63, 3.8) is 0 Å². The van der Waals surface area contributed by atoms with Crippen LogP contribution >= 0.6 is 0 Å². The summed E-state index contributed by atoms with van der Waals surface area (Å²) in [6.07, 6.45) is 1.89. The van der Waals surface area contributed by atoms with Crippen LogP contribution in [0, 0.1) is 30.0 Å². The van der Waals surface area contributed by atoms with Crippen LogP contribution in [-0.4, -0.2) is 49.0 Å². The topological polar surface area (TPSA) is 99.0 Å². The lowest BCUT2D eigenvalue weighted by molar-refractivity contribution is 0.0317. The molecule has 4 unspecified atom stereocenters. The molecule has 3 saturated heterocycles. The highest BCUT2D eigenvalue weighted by Gasteiger charge is 2.41. The smallest absolute Gasteiger partial charge is 0.241 e. The van der Waals surface area contributed by atoms with Gasteiger partial charge in [0.15, 0.2) is 0 Å². The Balaban J connectivity index is 1.31. The Morgan fingerprint density at radius 2 is 1.94 bits per heavy atom. The summed E-state index contributed by atoms with van der Waals surface area (Å²) < 4.78 is 41.8. The molecular weight excluding hydrogens is 465 g/mol. The molecule has 35 heavy (non-hydrogen) atoms. The van der Waals surface area contributed by atoms with Crippen molar-refractivity contribution in [1.82, 2.24) is 19.6 Å². The number of sulfonamides is 1. The van der Waals surface area contributed by atoms with Crippen molar-refractivity contribution < 1.29 is 12.8 Å². The summed E-state index contributed by atoms with van der Waals surface area (Å²) >= 11 is 0. The number of aromatic nitrogens is 2. The molecule has 3 aliphatic rings. The molecule has 0 aliphatic carbocycles. The zero-order valence-electron chi connectivity index (χ0n) is 19.4. The van der Waals surface area contributed by atoms with Crippen LogP contribution in [0.1, 0.15) is 35.8 Å². The minimum atomic E-state index is -3.78. The Morgan fingerprint density at radius 1 is 1.17 bits per heavy atom. The van der Waals surface area contributed by atoms with Gasteiger partial charge in [0.1, 0.15) is 17.7 Å². The molecule has 9 heteroatoms. The van der Waals surface area contributed by atoms with Crippen molar-refractivity contribution >= 4 is 10.0 Å². The van der Waals surface area contributed by atoms with Crippen LogP contribution in [0.4, 0.5) is 4.39 Å². The van der Waals surface area contributed by atoms with Gasteiger partial charge < -0.3 is 0 Å². The first-order valence-corrected chi connectivity index (χ1v) is 13.2. The number of hydrogen-bond acceptors (Lipinski definition) is 6. The molecular formula is C26H26FN5O2S. The molecule has 0 amide bonds. The second-order valence-corrected chi connectivity index (χ2v) is 11.0. The Morgan fingerprint density at radius 3 is 2.66 bits per heavy atom. The first-order chi connectivity index (χ1) is 16.8. The zero-order valence-corrected chi connectivity index (χ0v) is 20.2. The monoisotopic (exact) mass is 491 g/mol. The number of rotatable bonds is 6. The maximum atomic E-state index is 13.4. The fourth-order valence-corrected chi connectivity index (χ4v) is 6.54. The summed E-state index contributed by atoms with van der Waals surface area (Å²) in [6.45, 7) is 3.88. The van der Waals surface area contributed by atoms with Crippen LogP contribution in [0.5, 0.6) is 0 Å². The third-order valence-electron chi connectivity index (χ3n) is 7.06. The molecule has 4 atom stereocenters. The van der Waals surface area contributed by atoms with E-state index < -0.39 is 10.0 Å². The van der Waals surface area contributed by atoms with Gasteiger partial charge in [-0.3, -0.25) is 4.90 Å². The molecule has 180 valence electrons. The van der Waals surface area contributed by atoms with Gasteiger partial charge in [-0.1, -0.05) is 12.1 Å². The second-order valence-electron chi connectivity index (χ2n) is 9.23. The number of nitrogens with one attached hydrogen (secondary N) is 1. The summed E-state index contributed by atoms with van der Waals surface area (Å²) in [4.78, 5) is 11.6. The van der Waals surface area contributed by atoms with E-state index in [9.17, 15) is 18.1 Å². The normalized spacial score (nSPS) is 23.7. The third kappa shape index (κ3) is 4.82. The van der Waals surface area contributed by atoms with E-state index in [2.05, 4.69) is 14.6 Å². The van der Waals surface area contributed by atoms with Gasteiger partial charge in [-0.05, 0) is 74.7 Å². The van der Waals surface area contributed by atoms with Crippen LogP contribution in [0.15, 0.2) is 59.5 Å². The molecule has 2 aromatic carbocycles. The number of hydrogen-bond donors (Lipinski definition) is 1. The number of piperidine rings is 3. The summed E-state index contributed by atoms with van der Waals surface area (Å²) in [7, 11) is -3.78. The van der Waals surface area contributed by atoms with Crippen LogP contribution in [-0.2, 0) is 10.0 Å². The maximum absolute atomic E-state index is 13.4. The SMILES string of the molecule is Cc1nc(-c2ccc(F)cc2)cc(C2CN3CCC2CC3CNS(=O)(=O)c2ccccc2C#N)n1. The molecule has 3 aliphatic heterocycles. The first-order valence-electron chi connectivity index (χ1n) is 11.7. The van der Waals surface area contributed by atoms with Crippen molar-refractivity contribution in [3.8, 4) is 17.3 Å². The Bertz CT molecular complexity index is 1390. The van der Waals surface area contributed by atoms with Crippen LogP contribution in [0.3, 0.4) is 0 Å². The summed E-state index contributed by atoms with van der Waals surface area (Å²) in [6, 6.07) is 16.6. The van der Waals surface area contributed by atoms with Crippen molar-refractivity contribution in [2.75, 3.05) is 19.6 Å². The summed E-state index contributed by atoms with van der Waals surface area (Å²) in [5.74, 6) is 1.02. The molecule has 0 saturated carbocycles. The number of nitrogens with zero attached hydrogens (tertiary/aromatic N) is 4. The maximum Gasteiger partial charge on any atom is 0.241 e. The first kappa shape index (κ1) is 23.5.